The highest BCUT2D eigenvalue weighted by atomic mass is 35.5. The minimum Gasteiger partial charge on any atom is -0.258 e. The Labute approximate surface area is 122 Å². The first-order valence-electron chi connectivity index (χ1n) is 5.48. The SMILES string of the molecule is O=[N+]([O-])c1cc(CSc2cc(F)ccc2F)ccc1Cl. The summed E-state index contributed by atoms with van der Waals surface area (Å²) in [6, 6.07) is 7.52. The van der Waals surface area contributed by atoms with Crippen LogP contribution in [0.1, 0.15) is 5.56 Å². The Hall–Kier alpha value is -1.66. The quantitative estimate of drug-likeness (QED) is 0.461. The third-order valence-corrected chi connectivity index (χ3v) is 3.92. The van der Waals surface area contributed by atoms with E-state index in [1.165, 1.54) is 12.1 Å². The van der Waals surface area contributed by atoms with Gasteiger partial charge < -0.3 is 0 Å². The van der Waals surface area contributed by atoms with Crippen LogP contribution >= 0.6 is 23.4 Å². The molecular formula is C13H8ClF2NO2S. The third-order valence-electron chi connectivity index (χ3n) is 2.49. The second-order valence-electron chi connectivity index (χ2n) is 3.91. The van der Waals surface area contributed by atoms with E-state index in [0.29, 0.717) is 5.56 Å². The van der Waals surface area contributed by atoms with Crippen LogP contribution in [0.4, 0.5) is 14.5 Å². The lowest BCUT2D eigenvalue weighted by molar-refractivity contribution is -0.384. The standard InChI is InChI=1S/C13H8ClF2NO2S/c14-10-3-1-8(5-12(10)17(18)19)7-20-13-6-9(15)2-4-11(13)16/h1-6H,7H2. The summed E-state index contributed by atoms with van der Waals surface area (Å²) in [7, 11) is 0. The summed E-state index contributed by atoms with van der Waals surface area (Å²) in [5.74, 6) is -0.783. The first kappa shape index (κ1) is 14.7. The van der Waals surface area contributed by atoms with Crippen LogP contribution in [0.2, 0.25) is 5.02 Å². The van der Waals surface area contributed by atoms with Gasteiger partial charge in [-0.1, -0.05) is 17.7 Å². The molecule has 0 fully saturated rings. The number of benzene rings is 2. The zero-order valence-corrected chi connectivity index (χ0v) is 11.5. The van der Waals surface area contributed by atoms with Crippen molar-refractivity contribution in [2.75, 3.05) is 0 Å². The minimum absolute atomic E-state index is 0.0423. The van der Waals surface area contributed by atoms with Gasteiger partial charge in [0.15, 0.2) is 0 Å². The van der Waals surface area contributed by atoms with E-state index in [1.807, 2.05) is 0 Å². The van der Waals surface area contributed by atoms with Crippen LogP contribution in [0.3, 0.4) is 0 Å². The summed E-state index contributed by atoms with van der Waals surface area (Å²) in [5.41, 5.74) is 0.402. The Morgan fingerprint density at radius 3 is 2.65 bits per heavy atom. The maximum atomic E-state index is 13.4. The first-order valence-corrected chi connectivity index (χ1v) is 6.84. The molecule has 0 atom stereocenters. The number of nitrogens with zero attached hydrogens (tertiary/aromatic N) is 1. The van der Waals surface area contributed by atoms with E-state index in [1.54, 1.807) is 6.07 Å². The van der Waals surface area contributed by atoms with Crippen molar-refractivity contribution in [3.05, 3.63) is 68.7 Å². The van der Waals surface area contributed by atoms with Gasteiger partial charge in [-0.3, -0.25) is 10.1 Å². The lowest BCUT2D eigenvalue weighted by atomic mass is 10.2. The molecule has 0 N–H and O–H groups in total. The molecule has 104 valence electrons. The molecule has 7 heteroatoms. The molecule has 0 bridgehead atoms. The van der Waals surface area contributed by atoms with Gasteiger partial charge in [0.1, 0.15) is 16.7 Å². The van der Waals surface area contributed by atoms with Gasteiger partial charge in [-0.2, -0.15) is 0 Å². The summed E-state index contributed by atoms with van der Waals surface area (Å²) in [6.07, 6.45) is 0. The molecule has 2 rings (SSSR count). The van der Waals surface area contributed by atoms with Crippen LogP contribution in [0.5, 0.6) is 0 Å². The van der Waals surface area contributed by atoms with E-state index in [4.69, 9.17) is 11.6 Å². The van der Waals surface area contributed by atoms with Crippen LogP contribution in [0, 0.1) is 21.7 Å². The molecular weight excluding hydrogens is 308 g/mol. The van der Waals surface area contributed by atoms with Gasteiger partial charge >= 0.3 is 0 Å². The molecule has 0 heterocycles. The monoisotopic (exact) mass is 315 g/mol. The largest absolute Gasteiger partial charge is 0.288 e. The van der Waals surface area contributed by atoms with Gasteiger partial charge in [0, 0.05) is 16.7 Å². The van der Waals surface area contributed by atoms with Crippen molar-refractivity contribution in [3.8, 4) is 0 Å². The predicted molar refractivity (Wildman–Crippen MR) is 74.0 cm³/mol. The Morgan fingerprint density at radius 2 is 1.95 bits per heavy atom. The zero-order valence-electron chi connectivity index (χ0n) is 9.98. The van der Waals surface area contributed by atoms with Gasteiger partial charge in [0.2, 0.25) is 0 Å². The maximum Gasteiger partial charge on any atom is 0.288 e. The van der Waals surface area contributed by atoms with Crippen LogP contribution in [-0.2, 0) is 5.75 Å². The van der Waals surface area contributed by atoms with E-state index >= 15 is 0 Å². The van der Waals surface area contributed by atoms with Crippen molar-refractivity contribution in [2.24, 2.45) is 0 Å². The fourth-order valence-electron chi connectivity index (χ4n) is 1.54. The molecule has 0 amide bonds. The van der Waals surface area contributed by atoms with Gasteiger partial charge in [0.05, 0.1) is 4.92 Å². The number of hydrogen-bond acceptors (Lipinski definition) is 3. The van der Waals surface area contributed by atoms with E-state index in [-0.39, 0.29) is 21.4 Å². The van der Waals surface area contributed by atoms with Crippen molar-refractivity contribution < 1.29 is 13.7 Å². The third kappa shape index (κ3) is 3.46. The summed E-state index contributed by atoms with van der Waals surface area (Å²) < 4.78 is 26.4. The number of rotatable bonds is 4. The molecule has 0 radical (unpaired) electrons. The molecule has 0 aromatic heterocycles. The Kier molecular flexibility index (Phi) is 4.57. The maximum absolute atomic E-state index is 13.4. The van der Waals surface area contributed by atoms with Crippen LogP contribution in [-0.4, -0.2) is 4.92 Å². The van der Waals surface area contributed by atoms with E-state index in [9.17, 15) is 18.9 Å². The molecule has 0 aliphatic rings. The van der Waals surface area contributed by atoms with Gasteiger partial charge in [0.25, 0.3) is 5.69 Å². The number of nitro groups is 1. The van der Waals surface area contributed by atoms with Crippen LogP contribution < -0.4 is 0 Å². The fraction of sp³-hybridized carbons (Fsp3) is 0.0769. The fourth-order valence-corrected chi connectivity index (χ4v) is 2.63. The lowest BCUT2D eigenvalue weighted by Gasteiger charge is -2.04. The zero-order chi connectivity index (χ0) is 14.7. The smallest absolute Gasteiger partial charge is 0.258 e. The molecule has 3 nitrogen and oxygen atoms in total. The highest BCUT2D eigenvalue weighted by molar-refractivity contribution is 7.98. The highest BCUT2D eigenvalue weighted by Crippen LogP contribution is 2.30. The Balaban J connectivity index is 2.17. The van der Waals surface area contributed by atoms with Crippen molar-refractivity contribution in [3.63, 3.8) is 0 Å². The van der Waals surface area contributed by atoms with E-state index < -0.39 is 16.6 Å². The minimum atomic E-state index is -0.584. The molecule has 20 heavy (non-hydrogen) atoms. The van der Waals surface area contributed by atoms with E-state index in [2.05, 4.69) is 0 Å². The Morgan fingerprint density at radius 1 is 1.20 bits per heavy atom. The molecule has 2 aromatic carbocycles. The molecule has 0 unspecified atom stereocenters. The van der Waals surface area contributed by atoms with Crippen molar-refractivity contribution in [1.82, 2.24) is 0 Å². The summed E-state index contributed by atoms with van der Waals surface area (Å²) in [4.78, 5) is 10.3. The molecule has 0 aliphatic carbocycles. The molecule has 0 saturated heterocycles. The van der Waals surface area contributed by atoms with Crippen LogP contribution in [0.25, 0.3) is 0 Å². The van der Waals surface area contributed by atoms with Gasteiger partial charge in [-0.05, 0) is 29.8 Å². The summed E-state index contributed by atoms with van der Waals surface area (Å²) in [5, 5.41) is 10.8. The van der Waals surface area contributed by atoms with Gasteiger partial charge in [-0.25, -0.2) is 8.78 Å². The average molecular weight is 316 g/mol. The van der Waals surface area contributed by atoms with Crippen molar-refractivity contribution in [2.45, 2.75) is 10.6 Å². The van der Waals surface area contributed by atoms with Crippen LogP contribution in [0.15, 0.2) is 41.3 Å². The molecule has 0 aliphatic heterocycles. The van der Waals surface area contributed by atoms with Gasteiger partial charge in [-0.15, -0.1) is 11.8 Å². The predicted octanol–water partition coefficient (Wildman–Crippen LogP) is 4.82. The lowest BCUT2D eigenvalue weighted by Crippen LogP contribution is -1.91. The second kappa shape index (κ2) is 6.19. The number of hydrogen-bond donors (Lipinski definition) is 0. The van der Waals surface area contributed by atoms with E-state index in [0.717, 1.165) is 30.0 Å². The number of thioether (sulfide) groups is 1. The van der Waals surface area contributed by atoms with Crippen molar-refractivity contribution in [1.29, 1.82) is 0 Å². The summed E-state index contributed by atoms with van der Waals surface area (Å²) in [6.45, 7) is 0. The molecule has 0 spiro atoms. The number of halogens is 3. The normalized spacial score (nSPS) is 10.6. The molecule has 0 saturated carbocycles. The average Bonchev–Trinajstić information content (AvgIpc) is 2.41. The highest BCUT2D eigenvalue weighted by Gasteiger charge is 2.13. The molecule has 2 aromatic rings. The van der Waals surface area contributed by atoms with Crippen molar-refractivity contribution >= 4 is 29.1 Å². The summed E-state index contributed by atoms with van der Waals surface area (Å²) >= 11 is 6.76. The topological polar surface area (TPSA) is 43.1 Å². The Bertz CT molecular complexity index is 667. The first-order chi connectivity index (χ1) is 9.47. The number of nitro benzene ring substituents is 1. The second-order valence-corrected chi connectivity index (χ2v) is 5.33.